The Morgan fingerprint density at radius 1 is 1.15 bits per heavy atom. The fourth-order valence-electron chi connectivity index (χ4n) is 1.96. The Labute approximate surface area is 115 Å². The number of hydrogen-bond acceptors (Lipinski definition) is 4. The molecule has 0 radical (unpaired) electrons. The monoisotopic (exact) mass is 270 g/mol. The number of hydrogen-bond donors (Lipinski definition) is 1. The summed E-state index contributed by atoms with van der Waals surface area (Å²) in [5.41, 5.74) is 1.63. The minimum atomic E-state index is -0.391. The predicted octanol–water partition coefficient (Wildman–Crippen LogP) is 3.04. The second-order valence-corrected chi connectivity index (χ2v) is 4.34. The van der Waals surface area contributed by atoms with Gasteiger partial charge >= 0.3 is 0 Å². The molecule has 0 atom stereocenters. The lowest BCUT2D eigenvalue weighted by Crippen LogP contribution is -2.02. The van der Waals surface area contributed by atoms with Gasteiger partial charge in [0.1, 0.15) is 5.82 Å². The Kier molecular flexibility index (Phi) is 3.13. The molecule has 1 aliphatic heterocycles. The molecular weight excluding hydrogens is 259 g/mol. The first-order valence-corrected chi connectivity index (χ1v) is 6.08. The zero-order valence-electron chi connectivity index (χ0n) is 10.5. The van der Waals surface area contributed by atoms with Gasteiger partial charge in [0.2, 0.25) is 6.79 Å². The minimum absolute atomic E-state index is 0.225. The average Bonchev–Trinajstić information content (AvgIpc) is 2.93. The van der Waals surface area contributed by atoms with Crippen LogP contribution in [0.25, 0.3) is 0 Å². The quantitative estimate of drug-likeness (QED) is 0.931. The fourth-order valence-corrected chi connectivity index (χ4v) is 1.96. The van der Waals surface area contributed by atoms with Crippen LogP contribution in [0.3, 0.4) is 0 Å². The molecule has 0 fully saturated rings. The first kappa shape index (κ1) is 12.3. The molecule has 0 aliphatic carbocycles. The number of ether oxygens (including phenoxy) is 2. The van der Waals surface area contributed by atoms with E-state index in [-0.39, 0.29) is 6.79 Å². The first-order valence-electron chi connectivity index (χ1n) is 6.08. The SMILES string of the molecule is N#Cc1ccc(CNc2ccc3c(c2)OCO3)c(F)c1. The molecule has 5 heteroatoms. The Balaban J connectivity index is 1.72. The molecule has 0 aromatic heterocycles. The van der Waals surface area contributed by atoms with Crippen LogP contribution < -0.4 is 14.8 Å². The standard InChI is InChI=1S/C15H11FN2O2/c16-13-5-10(7-17)1-2-11(13)8-18-12-3-4-14-15(6-12)20-9-19-14/h1-6,18H,8-9H2. The van der Waals surface area contributed by atoms with Crippen LogP contribution in [0, 0.1) is 17.1 Å². The number of fused-ring (bicyclic) bond motifs is 1. The zero-order valence-corrected chi connectivity index (χ0v) is 10.5. The maximum absolute atomic E-state index is 13.7. The lowest BCUT2D eigenvalue weighted by molar-refractivity contribution is 0.174. The van der Waals surface area contributed by atoms with E-state index in [1.807, 2.05) is 18.2 Å². The van der Waals surface area contributed by atoms with Crippen LogP contribution in [0.15, 0.2) is 36.4 Å². The lowest BCUT2D eigenvalue weighted by atomic mass is 10.1. The summed E-state index contributed by atoms with van der Waals surface area (Å²) in [7, 11) is 0. The van der Waals surface area contributed by atoms with Crippen LogP contribution in [-0.2, 0) is 6.54 Å². The van der Waals surface area contributed by atoms with Crippen molar-refractivity contribution in [1.82, 2.24) is 0 Å². The first-order chi connectivity index (χ1) is 9.76. The number of benzene rings is 2. The molecule has 0 saturated carbocycles. The summed E-state index contributed by atoms with van der Waals surface area (Å²) in [5, 5.41) is 11.8. The van der Waals surface area contributed by atoms with Crippen LogP contribution in [0.4, 0.5) is 10.1 Å². The Morgan fingerprint density at radius 3 is 2.80 bits per heavy atom. The van der Waals surface area contributed by atoms with Gasteiger partial charge in [0.15, 0.2) is 11.5 Å². The Morgan fingerprint density at radius 2 is 2.00 bits per heavy atom. The van der Waals surface area contributed by atoms with E-state index in [0.29, 0.717) is 29.2 Å². The molecule has 0 saturated heterocycles. The van der Waals surface area contributed by atoms with Gasteiger partial charge in [0, 0.05) is 23.9 Å². The van der Waals surface area contributed by atoms with Gasteiger partial charge in [0.25, 0.3) is 0 Å². The van der Waals surface area contributed by atoms with E-state index >= 15 is 0 Å². The summed E-state index contributed by atoms with van der Waals surface area (Å²) >= 11 is 0. The van der Waals surface area contributed by atoms with Crippen LogP contribution in [0.5, 0.6) is 11.5 Å². The van der Waals surface area contributed by atoms with Crippen molar-refractivity contribution < 1.29 is 13.9 Å². The topological polar surface area (TPSA) is 54.3 Å². The highest BCUT2D eigenvalue weighted by atomic mass is 19.1. The molecule has 0 bridgehead atoms. The molecule has 100 valence electrons. The van der Waals surface area contributed by atoms with Gasteiger partial charge in [-0.15, -0.1) is 0 Å². The number of nitrogens with one attached hydrogen (secondary N) is 1. The van der Waals surface area contributed by atoms with Gasteiger partial charge in [0.05, 0.1) is 11.6 Å². The van der Waals surface area contributed by atoms with Crippen LogP contribution >= 0.6 is 0 Å². The highest BCUT2D eigenvalue weighted by molar-refractivity contribution is 5.55. The van der Waals surface area contributed by atoms with Gasteiger partial charge in [-0.3, -0.25) is 0 Å². The van der Waals surface area contributed by atoms with Crippen LogP contribution in [-0.4, -0.2) is 6.79 Å². The average molecular weight is 270 g/mol. The highest BCUT2D eigenvalue weighted by Gasteiger charge is 2.13. The molecule has 0 amide bonds. The van der Waals surface area contributed by atoms with E-state index in [4.69, 9.17) is 14.7 Å². The molecular formula is C15H11FN2O2. The molecule has 0 spiro atoms. The summed E-state index contributed by atoms with van der Waals surface area (Å²) < 4.78 is 24.2. The number of halogens is 1. The van der Waals surface area contributed by atoms with Crippen LogP contribution in [0.2, 0.25) is 0 Å². The highest BCUT2D eigenvalue weighted by Crippen LogP contribution is 2.34. The minimum Gasteiger partial charge on any atom is -0.454 e. The molecule has 3 rings (SSSR count). The Bertz CT molecular complexity index is 695. The summed E-state index contributed by atoms with van der Waals surface area (Å²) in [5.74, 6) is 0.993. The number of anilines is 1. The molecule has 0 unspecified atom stereocenters. The summed E-state index contributed by atoms with van der Waals surface area (Å²) in [6.07, 6.45) is 0. The number of rotatable bonds is 3. The van der Waals surface area contributed by atoms with E-state index < -0.39 is 5.82 Å². The van der Waals surface area contributed by atoms with Gasteiger partial charge in [-0.05, 0) is 24.3 Å². The molecule has 2 aromatic rings. The fraction of sp³-hybridized carbons (Fsp3) is 0.133. The molecule has 1 aliphatic rings. The van der Waals surface area contributed by atoms with E-state index in [2.05, 4.69) is 5.32 Å². The third-order valence-corrected chi connectivity index (χ3v) is 3.04. The number of nitriles is 1. The third kappa shape index (κ3) is 2.36. The molecule has 1 heterocycles. The van der Waals surface area contributed by atoms with Crippen molar-refractivity contribution in [2.45, 2.75) is 6.54 Å². The van der Waals surface area contributed by atoms with Gasteiger partial charge in [-0.2, -0.15) is 5.26 Å². The zero-order chi connectivity index (χ0) is 13.9. The van der Waals surface area contributed by atoms with Gasteiger partial charge in [-0.1, -0.05) is 6.07 Å². The van der Waals surface area contributed by atoms with E-state index in [0.717, 1.165) is 5.69 Å². The van der Waals surface area contributed by atoms with Crippen molar-refractivity contribution in [3.63, 3.8) is 0 Å². The second-order valence-electron chi connectivity index (χ2n) is 4.34. The number of nitrogens with zero attached hydrogens (tertiary/aromatic N) is 1. The van der Waals surface area contributed by atoms with Crippen molar-refractivity contribution in [1.29, 1.82) is 5.26 Å². The van der Waals surface area contributed by atoms with E-state index in [1.54, 1.807) is 18.2 Å². The molecule has 1 N–H and O–H groups in total. The molecule has 20 heavy (non-hydrogen) atoms. The summed E-state index contributed by atoms with van der Waals surface area (Å²) in [6.45, 7) is 0.556. The van der Waals surface area contributed by atoms with Crippen molar-refractivity contribution in [3.05, 3.63) is 53.3 Å². The van der Waals surface area contributed by atoms with E-state index in [1.165, 1.54) is 6.07 Å². The van der Waals surface area contributed by atoms with Crippen molar-refractivity contribution in [2.24, 2.45) is 0 Å². The molecule has 2 aromatic carbocycles. The summed E-state index contributed by atoms with van der Waals surface area (Å²) in [6, 6.07) is 11.8. The van der Waals surface area contributed by atoms with Crippen molar-refractivity contribution >= 4 is 5.69 Å². The van der Waals surface area contributed by atoms with Crippen molar-refractivity contribution in [2.75, 3.05) is 12.1 Å². The van der Waals surface area contributed by atoms with Gasteiger partial charge < -0.3 is 14.8 Å². The largest absolute Gasteiger partial charge is 0.454 e. The third-order valence-electron chi connectivity index (χ3n) is 3.04. The Hall–Kier alpha value is -2.74. The van der Waals surface area contributed by atoms with Crippen LogP contribution in [0.1, 0.15) is 11.1 Å². The smallest absolute Gasteiger partial charge is 0.231 e. The maximum atomic E-state index is 13.7. The normalized spacial score (nSPS) is 12.0. The van der Waals surface area contributed by atoms with E-state index in [9.17, 15) is 4.39 Å². The van der Waals surface area contributed by atoms with Crippen molar-refractivity contribution in [3.8, 4) is 17.6 Å². The lowest BCUT2D eigenvalue weighted by Gasteiger charge is -2.08. The van der Waals surface area contributed by atoms with Gasteiger partial charge in [-0.25, -0.2) is 4.39 Å². The maximum Gasteiger partial charge on any atom is 0.231 e. The second kappa shape index (κ2) is 5.10. The predicted molar refractivity (Wildman–Crippen MR) is 71.0 cm³/mol. The molecule has 4 nitrogen and oxygen atoms in total. The summed E-state index contributed by atoms with van der Waals surface area (Å²) in [4.78, 5) is 0.